The largest absolute Gasteiger partial charge is 0.444 e. The van der Waals surface area contributed by atoms with E-state index in [4.69, 9.17) is 4.74 Å². The van der Waals surface area contributed by atoms with Crippen molar-refractivity contribution in [1.29, 1.82) is 0 Å². The first-order valence-electron chi connectivity index (χ1n) is 8.45. The van der Waals surface area contributed by atoms with Crippen molar-refractivity contribution < 1.29 is 23.8 Å². The normalized spacial score (nSPS) is 15.8. The number of amides is 1. The van der Waals surface area contributed by atoms with E-state index in [1.54, 1.807) is 20.8 Å². The number of ether oxygens (including phenoxy) is 1. The molecule has 2 aliphatic heterocycles. The number of aliphatic hydroxyl groups is 1. The van der Waals surface area contributed by atoms with Gasteiger partial charge in [0.25, 0.3) is 0 Å². The van der Waals surface area contributed by atoms with E-state index in [0.29, 0.717) is 35.5 Å². The molecule has 0 aromatic heterocycles. The SMILES string of the molecule is CC(C)(C)OC(=O)Nc1c(F)cc2c3c1CCCN3C(CO)=CC2=C=O. The minimum Gasteiger partial charge on any atom is -0.444 e. The van der Waals surface area contributed by atoms with Gasteiger partial charge in [0.2, 0.25) is 0 Å². The second kappa shape index (κ2) is 6.59. The molecule has 3 rings (SSSR count). The topological polar surface area (TPSA) is 78.9 Å². The molecule has 1 amide bonds. The van der Waals surface area contributed by atoms with Crippen molar-refractivity contribution in [2.75, 3.05) is 23.4 Å². The molecule has 0 saturated heterocycles. The summed E-state index contributed by atoms with van der Waals surface area (Å²) in [5, 5.41) is 12.1. The Kier molecular flexibility index (Phi) is 4.61. The van der Waals surface area contributed by atoms with Gasteiger partial charge < -0.3 is 14.7 Å². The molecular weight excluding hydrogens is 339 g/mol. The number of carbonyl (C=O) groups is 1. The van der Waals surface area contributed by atoms with Crippen LogP contribution in [0.1, 0.15) is 38.3 Å². The van der Waals surface area contributed by atoms with Crippen molar-refractivity contribution in [1.82, 2.24) is 0 Å². The zero-order valence-corrected chi connectivity index (χ0v) is 15.0. The molecule has 0 atom stereocenters. The summed E-state index contributed by atoms with van der Waals surface area (Å²) in [6.45, 7) is 5.55. The van der Waals surface area contributed by atoms with Crippen LogP contribution in [0.2, 0.25) is 0 Å². The van der Waals surface area contributed by atoms with Crippen molar-refractivity contribution >= 4 is 29.0 Å². The lowest BCUT2D eigenvalue weighted by Crippen LogP contribution is -2.34. The maximum Gasteiger partial charge on any atom is 0.412 e. The molecule has 26 heavy (non-hydrogen) atoms. The van der Waals surface area contributed by atoms with Gasteiger partial charge in [-0.2, -0.15) is 0 Å². The average molecular weight is 360 g/mol. The van der Waals surface area contributed by atoms with Gasteiger partial charge in [0.1, 0.15) is 17.4 Å². The van der Waals surface area contributed by atoms with Crippen molar-refractivity contribution in [3.05, 3.63) is 34.8 Å². The number of hydrogen-bond donors (Lipinski definition) is 2. The van der Waals surface area contributed by atoms with Crippen LogP contribution in [0, 0.1) is 5.82 Å². The van der Waals surface area contributed by atoms with Crippen LogP contribution in [0.25, 0.3) is 5.57 Å². The molecule has 6 nitrogen and oxygen atoms in total. The fourth-order valence-electron chi connectivity index (χ4n) is 3.34. The first-order valence-corrected chi connectivity index (χ1v) is 8.45. The van der Waals surface area contributed by atoms with Gasteiger partial charge in [-0.05, 0) is 45.8 Å². The highest BCUT2D eigenvalue weighted by Gasteiger charge is 2.32. The summed E-state index contributed by atoms with van der Waals surface area (Å²) in [4.78, 5) is 25.3. The van der Waals surface area contributed by atoms with E-state index in [2.05, 4.69) is 5.32 Å². The molecule has 1 aromatic rings. The van der Waals surface area contributed by atoms with Crippen LogP contribution < -0.4 is 10.2 Å². The van der Waals surface area contributed by atoms with Crippen LogP contribution in [0.4, 0.5) is 20.6 Å². The Hall–Kier alpha value is -2.63. The molecule has 0 bridgehead atoms. The zero-order valence-electron chi connectivity index (χ0n) is 15.0. The third-order valence-corrected chi connectivity index (χ3v) is 4.28. The highest BCUT2D eigenvalue weighted by atomic mass is 19.1. The molecule has 0 fully saturated rings. The van der Waals surface area contributed by atoms with Crippen LogP contribution in [0.15, 0.2) is 17.8 Å². The standard InChI is InChI=1S/C19H21FN2O4/c1-19(2,3)26-18(25)21-16-13-5-4-6-22-12(10-24)7-11(9-23)14(17(13)22)8-15(16)20/h7-8,24H,4-6,10H2,1-3H3,(H,21,25). The summed E-state index contributed by atoms with van der Waals surface area (Å²) in [7, 11) is 0. The van der Waals surface area contributed by atoms with Crippen molar-refractivity contribution in [3.63, 3.8) is 0 Å². The average Bonchev–Trinajstić information content (AvgIpc) is 2.57. The Bertz CT molecular complexity index is 848. The van der Waals surface area contributed by atoms with Crippen molar-refractivity contribution in [2.45, 2.75) is 39.2 Å². The van der Waals surface area contributed by atoms with Gasteiger partial charge in [-0.1, -0.05) is 0 Å². The van der Waals surface area contributed by atoms with Crippen molar-refractivity contribution in [2.24, 2.45) is 0 Å². The lowest BCUT2D eigenvalue weighted by molar-refractivity contribution is 0.0635. The van der Waals surface area contributed by atoms with E-state index in [-0.39, 0.29) is 17.9 Å². The molecule has 2 aliphatic rings. The zero-order chi connectivity index (χ0) is 19.1. The van der Waals surface area contributed by atoms with Gasteiger partial charge in [0.05, 0.1) is 23.6 Å². The van der Waals surface area contributed by atoms with Gasteiger partial charge in [-0.25, -0.2) is 14.0 Å². The molecule has 0 saturated carbocycles. The van der Waals surface area contributed by atoms with E-state index in [0.717, 1.165) is 6.42 Å². The van der Waals surface area contributed by atoms with Gasteiger partial charge >= 0.3 is 6.09 Å². The predicted molar refractivity (Wildman–Crippen MR) is 96.2 cm³/mol. The number of anilines is 2. The predicted octanol–water partition coefficient (Wildman–Crippen LogP) is 3.03. The maximum atomic E-state index is 14.8. The van der Waals surface area contributed by atoms with Crippen LogP contribution >= 0.6 is 0 Å². The molecule has 138 valence electrons. The molecule has 0 unspecified atom stereocenters. The minimum atomic E-state index is -0.746. The van der Waals surface area contributed by atoms with Gasteiger partial charge in [0.15, 0.2) is 0 Å². The second-order valence-corrected chi connectivity index (χ2v) is 7.30. The van der Waals surface area contributed by atoms with Gasteiger partial charge in [-0.3, -0.25) is 5.32 Å². The third kappa shape index (κ3) is 3.23. The van der Waals surface area contributed by atoms with E-state index < -0.39 is 17.5 Å². The fourth-order valence-corrected chi connectivity index (χ4v) is 3.34. The highest BCUT2D eigenvalue weighted by molar-refractivity contribution is 6.03. The molecule has 1 aromatic carbocycles. The molecule has 7 heteroatoms. The Morgan fingerprint density at radius 2 is 2.19 bits per heavy atom. The molecule has 0 radical (unpaired) electrons. The van der Waals surface area contributed by atoms with E-state index in [9.17, 15) is 19.1 Å². The number of benzene rings is 1. The summed E-state index contributed by atoms with van der Waals surface area (Å²) >= 11 is 0. The van der Waals surface area contributed by atoms with E-state index in [1.807, 2.05) is 10.8 Å². The number of nitrogens with one attached hydrogen (secondary N) is 1. The van der Waals surface area contributed by atoms with Crippen molar-refractivity contribution in [3.8, 4) is 0 Å². The van der Waals surface area contributed by atoms with Crippen LogP contribution in [0.3, 0.4) is 0 Å². The Balaban J connectivity index is 2.10. The monoisotopic (exact) mass is 360 g/mol. The molecule has 2 heterocycles. The maximum absolute atomic E-state index is 14.8. The third-order valence-electron chi connectivity index (χ3n) is 4.28. The highest BCUT2D eigenvalue weighted by Crippen LogP contribution is 2.45. The minimum absolute atomic E-state index is 0.0483. The first kappa shape index (κ1) is 18.2. The first-order chi connectivity index (χ1) is 12.2. The van der Waals surface area contributed by atoms with E-state index >= 15 is 0 Å². The number of rotatable bonds is 2. The summed E-state index contributed by atoms with van der Waals surface area (Å²) < 4.78 is 20.0. The van der Waals surface area contributed by atoms with Gasteiger partial charge in [0, 0.05) is 23.4 Å². The number of hydrogen-bond acceptors (Lipinski definition) is 5. The van der Waals surface area contributed by atoms with Crippen LogP contribution in [-0.4, -0.2) is 35.9 Å². The summed E-state index contributed by atoms with van der Waals surface area (Å²) in [5.41, 5.74) is 1.71. The lowest BCUT2D eigenvalue weighted by atomic mass is 9.89. The van der Waals surface area contributed by atoms with Gasteiger partial charge in [-0.15, -0.1) is 0 Å². The number of halogens is 1. The quantitative estimate of drug-likeness (QED) is 0.793. The Morgan fingerprint density at radius 3 is 2.81 bits per heavy atom. The summed E-state index contributed by atoms with van der Waals surface area (Å²) in [6.07, 6.45) is 2.03. The Morgan fingerprint density at radius 1 is 1.46 bits per heavy atom. The molecule has 0 aliphatic carbocycles. The van der Waals surface area contributed by atoms with Crippen LogP contribution in [-0.2, 0) is 16.0 Å². The summed E-state index contributed by atoms with van der Waals surface area (Å²) in [5.74, 6) is 1.17. The fraction of sp³-hybridized carbons (Fsp3) is 0.421. The number of aliphatic hydroxyl groups excluding tert-OH is 1. The van der Waals surface area contributed by atoms with E-state index in [1.165, 1.54) is 12.1 Å². The molecule has 2 N–H and O–H groups in total. The Labute approximate surface area is 150 Å². The summed E-state index contributed by atoms with van der Waals surface area (Å²) in [6, 6.07) is 1.22. The lowest BCUT2D eigenvalue weighted by Gasteiger charge is -2.38. The molecular formula is C19H21FN2O4. The second-order valence-electron chi connectivity index (χ2n) is 7.30. The van der Waals surface area contributed by atoms with Crippen LogP contribution in [0.5, 0.6) is 0 Å². The molecule has 0 spiro atoms. The number of carbonyl (C=O) groups excluding carboxylic acids is 2. The smallest absolute Gasteiger partial charge is 0.412 e. The number of nitrogens with zero attached hydrogens (tertiary/aromatic N) is 1. The number of allylic oxidation sites excluding steroid dienone is 2.